The molecule has 0 fully saturated rings. The van der Waals surface area contributed by atoms with Gasteiger partial charge in [-0.05, 0) is 18.1 Å². The summed E-state index contributed by atoms with van der Waals surface area (Å²) in [5.74, 6) is 0.807. The first kappa shape index (κ1) is 14.4. The molecule has 0 aliphatic rings. The molecule has 20 heavy (non-hydrogen) atoms. The Morgan fingerprint density at radius 3 is 2.65 bits per heavy atom. The second-order valence-electron chi connectivity index (χ2n) is 4.94. The summed E-state index contributed by atoms with van der Waals surface area (Å²) in [5.41, 5.74) is 2.03. The number of aliphatic hydroxyl groups is 1. The van der Waals surface area contributed by atoms with Crippen LogP contribution in [0.15, 0.2) is 29.1 Å². The van der Waals surface area contributed by atoms with Gasteiger partial charge in [0, 0.05) is 24.3 Å². The first-order valence-electron chi connectivity index (χ1n) is 6.68. The highest BCUT2D eigenvalue weighted by molar-refractivity contribution is 5.46. The number of rotatable bonds is 5. The topological polar surface area (TPSA) is 67.2 Å². The molecule has 0 aliphatic carbocycles. The van der Waals surface area contributed by atoms with Crippen LogP contribution < -0.4 is 10.3 Å². The van der Waals surface area contributed by atoms with Crippen molar-refractivity contribution in [3.05, 3.63) is 45.9 Å². The minimum atomic E-state index is -0.132. The molecule has 1 aromatic heterocycles. The molecule has 1 aromatic carbocycles. The molecule has 0 atom stereocenters. The smallest absolute Gasteiger partial charge is 0.274 e. The quantitative estimate of drug-likeness (QED) is 0.875. The lowest BCUT2D eigenvalue weighted by molar-refractivity contribution is 0.299. The third kappa shape index (κ3) is 2.49. The van der Waals surface area contributed by atoms with Crippen LogP contribution in [0.2, 0.25) is 0 Å². The molecule has 2 rings (SSSR count). The number of H-pyrrole nitrogens is 1. The molecule has 0 saturated heterocycles. The van der Waals surface area contributed by atoms with Gasteiger partial charge in [-0.2, -0.15) is 0 Å². The zero-order valence-corrected chi connectivity index (χ0v) is 12.0. The number of aliphatic hydroxyl groups excluding tert-OH is 1. The van der Waals surface area contributed by atoms with Crippen LogP contribution in [0.5, 0.6) is 5.75 Å². The number of aromatic nitrogens is 2. The largest absolute Gasteiger partial charge is 0.494 e. The Morgan fingerprint density at radius 1 is 1.35 bits per heavy atom. The van der Waals surface area contributed by atoms with Crippen LogP contribution in [0.3, 0.4) is 0 Å². The predicted octanol–water partition coefficient (Wildman–Crippen LogP) is 1.83. The third-order valence-corrected chi connectivity index (χ3v) is 3.28. The van der Waals surface area contributed by atoms with Gasteiger partial charge in [0.05, 0.1) is 7.11 Å². The number of hydrogen-bond donors (Lipinski definition) is 2. The van der Waals surface area contributed by atoms with E-state index >= 15 is 0 Å². The zero-order chi connectivity index (χ0) is 14.7. The minimum absolute atomic E-state index is 0.0429. The molecule has 5 heteroatoms. The van der Waals surface area contributed by atoms with E-state index in [1.165, 1.54) is 4.68 Å². The second-order valence-corrected chi connectivity index (χ2v) is 4.94. The van der Waals surface area contributed by atoms with Gasteiger partial charge in [0.25, 0.3) is 5.56 Å². The molecule has 5 nitrogen and oxygen atoms in total. The highest BCUT2D eigenvalue weighted by Crippen LogP contribution is 2.22. The molecule has 2 aromatic rings. The summed E-state index contributed by atoms with van der Waals surface area (Å²) < 4.78 is 6.78. The lowest BCUT2D eigenvalue weighted by Crippen LogP contribution is -2.18. The van der Waals surface area contributed by atoms with E-state index in [2.05, 4.69) is 5.10 Å². The number of hydrogen-bond acceptors (Lipinski definition) is 3. The Kier molecular flexibility index (Phi) is 4.29. The SMILES string of the molecule is COc1ccccc1-n1[nH]c(C(C)C)c(CCO)c1=O. The number of nitrogens with zero attached hydrogens (tertiary/aromatic N) is 1. The number of ether oxygens (including phenoxy) is 1. The van der Waals surface area contributed by atoms with Crippen LogP contribution in [0.1, 0.15) is 31.0 Å². The Labute approximate surface area is 117 Å². The average Bonchev–Trinajstić information content (AvgIpc) is 2.77. The van der Waals surface area contributed by atoms with E-state index in [1.54, 1.807) is 7.11 Å². The number of aromatic amines is 1. The summed E-state index contributed by atoms with van der Waals surface area (Å²) in [6, 6.07) is 7.34. The van der Waals surface area contributed by atoms with Crippen molar-refractivity contribution in [1.82, 2.24) is 9.78 Å². The van der Waals surface area contributed by atoms with Crippen LogP contribution in [0.25, 0.3) is 5.69 Å². The van der Waals surface area contributed by atoms with E-state index in [1.807, 2.05) is 38.1 Å². The molecule has 1 heterocycles. The molecule has 0 radical (unpaired) electrons. The lowest BCUT2D eigenvalue weighted by Gasteiger charge is -2.08. The number of nitrogens with one attached hydrogen (secondary N) is 1. The molecule has 0 bridgehead atoms. The number of para-hydroxylation sites is 2. The molecule has 0 amide bonds. The van der Waals surface area contributed by atoms with Crippen molar-refractivity contribution >= 4 is 0 Å². The Bertz CT molecular complexity index is 641. The molecule has 0 aliphatic heterocycles. The Balaban J connectivity index is 2.63. The normalized spacial score (nSPS) is 11.1. The molecule has 0 spiro atoms. The highest BCUT2D eigenvalue weighted by Gasteiger charge is 2.18. The average molecular weight is 276 g/mol. The molecular formula is C15H20N2O3. The van der Waals surface area contributed by atoms with Crippen molar-refractivity contribution in [2.75, 3.05) is 13.7 Å². The van der Waals surface area contributed by atoms with Crippen molar-refractivity contribution in [2.24, 2.45) is 0 Å². The molecule has 0 unspecified atom stereocenters. The maximum absolute atomic E-state index is 12.5. The maximum atomic E-state index is 12.5. The fourth-order valence-corrected chi connectivity index (χ4v) is 2.30. The summed E-state index contributed by atoms with van der Waals surface area (Å²) in [6.45, 7) is 3.98. The summed E-state index contributed by atoms with van der Waals surface area (Å²) in [7, 11) is 1.57. The van der Waals surface area contributed by atoms with Gasteiger partial charge in [0.2, 0.25) is 0 Å². The van der Waals surface area contributed by atoms with Crippen LogP contribution in [-0.2, 0) is 6.42 Å². The predicted molar refractivity (Wildman–Crippen MR) is 77.8 cm³/mol. The van der Waals surface area contributed by atoms with Crippen molar-refractivity contribution in [3.8, 4) is 11.4 Å². The van der Waals surface area contributed by atoms with E-state index in [4.69, 9.17) is 9.84 Å². The number of benzene rings is 1. The highest BCUT2D eigenvalue weighted by atomic mass is 16.5. The van der Waals surface area contributed by atoms with Gasteiger partial charge in [-0.1, -0.05) is 26.0 Å². The van der Waals surface area contributed by atoms with Crippen LogP contribution >= 0.6 is 0 Å². The van der Waals surface area contributed by atoms with Crippen molar-refractivity contribution in [3.63, 3.8) is 0 Å². The third-order valence-electron chi connectivity index (χ3n) is 3.28. The standard InChI is InChI=1S/C15H20N2O3/c1-10(2)14-11(8-9-18)15(19)17(16-14)12-6-4-5-7-13(12)20-3/h4-7,10,16,18H,8-9H2,1-3H3. The fourth-order valence-electron chi connectivity index (χ4n) is 2.30. The van der Waals surface area contributed by atoms with E-state index in [0.29, 0.717) is 23.4 Å². The van der Waals surface area contributed by atoms with Crippen LogP contribution in [0.4, 0.5) is 0 Å². The van der Waals surface area contributed by atoms with Gasteiger partial charge in [-0.25, -0.2) is 4.68 Å². The summed E-state index contributed by atoms with van der Waals surface area (Å²) >= 11 is 0. The molecule has 108 valence electrons. The van der Waals surface area contributed by atoms with Crippen LogP contribution in [-0.4, -0.2) is 28.6 Å². The summed E-state index contributed by atoms with van der Waals surface area (Å²) in [6.07, 6.45) is 0.352. The zero-order valence-electron chi connectivity index (χ0n) is 12.0. The fraction of sp³-hybridized carbons (Fsp3) is 0.400. The summed E-state index contributed by atoms with van der Waals surface area (Å²) in [5, 5.41) is 12.3. The van der Waals surface area contributed by atoms with Crippen molar-refractivity contribution in [2.45, 2.75) is 26.2 Å². The monoisotopic (exact) mass is 276 g/mol. The number of methoxy groups -OCH3 is 1. The van der Waals surface area contributed by atoms with Gasteiger partial charge in [-0.3, -0.25) is 9.89 Å². The molecule has 2 N–H and O–H groups in total. The van der Waals surface area contributed by atoms with E-state index in [9.17, 15) is 4.79 Å². The van der Waals surface area contributed by atoms with Crippen molar-refractivity contribution in [1.29, 1.82) is 0 Å². The van der Waals surface area contributed by atoms with Gasteiger partial charge < -0.3 is 9.84 Å². The van der Waals surface area contributed by atoms with E-state index in [-0.39, 0.29) is 18.1 Å². The maximum Gasteiger partial charge on any atom is 0.274 e. The van der Waals surface area contributed by atoms with Crippen molar-refractivity contribution < 1.29 is 9.84 Å². The van der Waals surface area contributed by atoms with Gasteiger partial charge in [-0.15, -0.1) is 0 Å². The van der Waals surface area contributed by atoms with Gasteiger partial charge in [0.15, 0.2) is 0 Å². The van der Waals surface area contributed by atoms with E-state index < -0.39 is 0 Å². The molecular weight excluding hydrogens is 256 g/mol. The lowest BCUT2D eigenvalue weighted by atomic mass is 10.0. The second kappa shape index (κ2) is 5.96. The summed E-state index contributed by atoms with van der Waals surface area (Å²) in [4.78, 5) is 12.5. The Hall–Kier alpha value is -2.01. The first-order valence-corrected chi connectivity index (χ1v) is 6.68. The Morgan fingerprint density at radius 2 is 2.05 bits per heavy atom. The van der Waals surface area contributed by atoms with Gasteiger partial charge in [0.1, 0.15) is 11.4 Å². The van der Waals surface area contributed by atoms with E-state index in [0.717, 1.165) is 5.69 Å². The van der Waals surface area contributed by atoms with Gasteiger partial charge >= 0.3 is 0 Å². The molecule has 0 saturated carbocycles. The first-order chi connectivity index (χ1) is 9.60. The minimum Gasteiger partial charge on any atom is -0.494 e. The van der Waals surface area contributed by atoms with Crippen LogP contribution in [0, 0.1) is 0 Å².